The van der Waals surface area contributed by atoms with Crippen molar-refractivity contribution in [1.82, 2.24) is 5.32 Å². The lowest BCUT2D eigenvalue weighted by atomic mass is 9.93. The molecule has 0 aromatic heterocycles. The van der Waals surface area contributed by atoms with E-state index in [1.807, 2.05) is 45.2 Å². The molecule has 2 aromatic carbocycles. The van der Waals surface area contributed by atoms with E-state index in [2.05, 4.69) is 37.2 Å². The first-order chi connectivity index (χ1) is 9.42. The molecule has 0 saturated heterocycles. The van der Waals surface area contributed by atoms with Crippen molar-refractivity contribution >= 4 is 31.9 Å². The van der Waals surface area contributed by atoms with Gasteiger partial charge in [-0.2, -0.15) is 0 Å². The molecule has 0 aliphatic heterocycles. The van der Waals surface area contributed by atoms with Gasteiger partial charge >= 0.3 is 0 Å². The van der Waals surface area contributed by atoms with Crippen LogP contribution in [0.2, 0.25) is 0 Å². The molecule has 0 radical (unpaired) electrons. The van der Waals surface area contributed by atoms with E-state index in [0.29, 0.717) is 5.56 Å². The highest BCUT2D eigenvalue weighted by Crippen LogP contribution is 2.31. The first-order valence-corrected chi connectivity index (χ1v) is 7.91. The first-order valence-electron chi connectivity index (χ1n) is 6.32. The van der Waals surface area contributed by atoms with Gasteiger partial charge in [-0.05, 0) is 61.9 Å². The molecule has 0 bridgehead atoms. The molecule has 106 valence electrons. The smallest absolute Gasteiger partial charge is 0.128 e. The Hall–Kier alpha value is -0.710. The van der Waals surface area contributed by atoms with Crippen molar-refractivity contribution in [3.8, 4) is 0 Å². The summed E-state index contributed by atoms with van der Waals surface area (Å²) in [6.07, 6.45) is 0. The molecule has 0 aliphatic rings. The maximum Gasteiger partial charge on any atom is 0.128 e. The summed E-state index contributed by atoms with van der Waals surface area (Å²) in [4.78, 5) is 0. The van der Waals surface area contributed by atoms with Crippen LogP contribution in [0.5, 0.6) is 0 Å². The van der Waals surface area contributed by atoms with E-state index in [-0.39, 0.29) is 11.9 Å². The maximum atomic E-state index is 14.4. The average Bonchev–Trinajstić information content (AvgIpc) is 2.32. The monoisotopic (exact) mass is 399 g/mol. The lowest BCUT2D eigenvalue weighted by Crippen LogP contribution is -2.20. The van der Waals surface area contributed by atoms with Crippen molar-refractivity contribution in [3.63, 3.8) is 0 Å². The fraction of sp³-hybridized carbons (Fsp3) is 0.250. The SMILES string of the molecule is CNC(c1cc(Br)cc(Br)c1)c1c(C)cc(C)cc1F. The van der Waals surface area contributed by atoms with Gasteiger partial charge in [0.05, 0.1) is 6.04 Å². The number of aryl methyl sites for hydroxylation is 2. The van der Waals surface area contributed by atoms with Gasteiger partial charge in [-0.3, -0.25) is 0 Å². The molecule has 0 heterocycles. The fourth-order valence-corrected chi connectivity index (χ4v) is 3.84. The van der Waals surface area contributed by atoms with Gasteiger partial charge in [0.25, 0.3) is 0 Å². The minimum Gasteiger partial charge on any atom is -0.309 e. The number of hydrogen-bond donors (Lipinski definition) is 1. The number of hydrogen-bond acceptors (Lipinski definition) is 1. The second-order valence-corrected chi connectivity index (χ2v) is 6.73. The second-order valence-electron chi connectivity index (χ2n) is 4.90. The van der Waals surface area contributed by atoms with Crippen molar-refractivity contribution < 1.29 is 4.39 Å². The Balaban J connectivity index is 2.58. The van der Waals surface area contributed by atoms with Crippen molar-refractivity contribution in [2.24, 2.45) is 0 Å². The van der Waals surface area contributed by atoms with Crippen LogP contribution in [0.3, 0.4) is 0 Å². The quantitative estimate of drug-likeness (QED) is 0.739. The van der Waals surface area contributed by atoms with E-state index in [1.165, 1.54) is 0 Å². The summed E-state index contributed by atoms with van der Waals surface area (Å²) >= 11 is 6.96. The minimum atomic E-state index is -0.176. The molecule has 0 spiro atoms. The molecule has 1 atom stereocenters. The van der Waals surface area contributed by atoms with Gasteiger partial charge in [-0.15, -0.1) is 0 Å². The summed E-state index contributed by atoms with van der Waals surface area (Å²) in [5, 5.41) is 3.21. The van der Waals surface area contributed by atoms with Crippen molar-refractivity contribution in [2.75, 3.05) is 7.05 Å². The highest BCUT2D eigenvalue weighted by atomic mass is 79.9. The Bertz CT molecular complexity index is 597. The number of halogens is 3. The summed E-state index contributed by atoms with van der Waals surface area (Å²) in [5.74, 6) is -0.169. The van der Waals surface area contributed by atoms with Crippen molar-refractivity contribution in [1.29, 1.82) is 0 Å². The Morgan fingerprint density at radius 2 is 1.60 bits per heavy atom. The molecule has 1 unspecified atom stereocenters. The molecule has 1 N–H and O–H groups in total. The molecular weight excluding hydrogens is 385 g/mol. The molecule has 1 nitrogen and oxygen atoms in total. The van der Waals surface area contributed by atoms with Crippen LogP contribution in [0.25, 0.3) is 0 Å². The van der Waals surface area contributed by atoms with E-state index in [0.717, 1.165) is 25.6 Å². The van der Waals surface area contributed by atoms with Crippen LogP contribution in [-0.2, 0) is 0 Å². The Labute approximate surface area is 135 Å². The molecule has 2 aromatic rings. The lowest BCUT2D eigenvalue weighted by molar-refractivity contribution is 0.572. The van der Waals surface area contributed by atoms with Crippen LogP contribution >= 0.6 is 31.9 Å². The lowest BCUT2D eigenvalue weighted by Gasteiger charge is -2.21. The third-order valence-corrected chi connectivity index (χ3v) is 4.19. The third-order valence-electron chi connectivity index (χ3n) is 3.28. The van der Waals surface area contributed by atoms with Gasteiger partial charge in [-0.1, -0.05) is 37.9 Å². The van der Waals surface area contributed by atoms with Gasteiger partial charge in [0.2, 0.25) is 0 Å². The molecule has 0 fully saturated rings. The fourth-order valence-electron chi connectivity index (χ4n) is 2.51. The van der Waals surface area contributed by atoms with Gasteiger partial charge in [0.1, 0.15) is 5.82 Å². The van der Waals surface area contributed by atoms with Crippen LogP contribution in [0.15, 0.2) is 39.3 Å². The Kier molecular flexibility index (Phi) is 4.99. The van der Waals surface area contributed by atoms with E-state index in [4.69, 9.17) is 0 Å². The van der Waals surface area contributed by atoms with Crippen molar-refractivity contribution in [2.45, 2.75) is 19.9 Å². The normalized spacial score (nSPS) is 12.5. The molecule has 0 aliphatic carbocycles. The highest BCUT2D eigenvalue weighted by molar-refractivity contribution is 9.11. The van der Waals surface area contributed by atoms with Crippen LogP contribution in [-0.4, -0.2) is 7.05 Å². The van der Waals surface area contributed by atoms with Crippen LogP contribution in [0, 0.1) is 19.7 Å². The predicted octanol–water partition coefficient (Wildman–Crippen LogP) is 5.28. The van der Waals surface area contributed by atoms with Crippen molar-refractivity contribution in [3.05, 3.63) is 67.3 Å². The zero-order valence-corrected chi connectivity index (χ0v) is 14.8. The van der Waals surface area contributed by atoms with Gasteiger partial charge < -0.3 is 5.32 Å². The molecule has 4 heteroatoms. The summed E-state index contributed by atoms with van der Waals surface area (Å²) in [5.41, 5.74) is 3.61. The summed E-state index contributed by atoms with van der Waals surface area (Å²) in [6, 6.07) is 9.39. The largest absolute Gasteiger partial charge is 0.309 e. The highest BCUT2D eigenvalue weighted by Gasteiger charge is 2.19. The summed E-state index contributed by atoms with van der Waals surface area (Å²) in [6.45, 7) is 3.85. The molecule has 20 heavy (non-hydrogen) atoms. The van der Waals surface area contributed by atoms with E-state index < -0.39 is 0 Å². The second kappa shape index (κ2) is 6.37. The van der Waals surface area contributed by atoms with Crippen LogP contribution in [0.1, 0.15) is 28.3 Å². The maximum absolute atomic E-state index is 14.4. The van der Waals surface area contributed by atoms with E-state index >= 15 is 0 Å². The van der Waals surface area contributed by atoms with Crippen LogP contribution < -0.4 is 5.32 Å². The summed E-state index contributed by atoms with van der Waals surface area (Å²) in [7, 11) is 1.85. The third kappa shape index (κ3) is 3.30. The number of nitrogens with one attached hydrogen (secondary N) is 1. The molecule has 2 rings (SSSR count). The van der Waals surface area contributed by atoms with Gasteiger partial charge in [-0.25, -0.2) is 4.39 Å². The Morgan fingerprint density at radius 3 is 2.10 bits per heavy atom. The first kappa shape index (κ1) is 15.7. The predicted molar refractivity (Wildman–Crippen MR) is 88.6 cm³/mol. The molecule has 0 amide bonds. The summed E-state index contributed by atoms with van der Waals surface area (Å²) < 4.78 is 16.3. The Morgan fingerprint density at radius 1 is 1.00 bits per heavy atom. The zero-order valence-electron chi connectivity index (χ0n) is 11.6. The van der Waals surface area contributed by atoms with E-state index in [1.54, 1.807) is 6.07 Å². The van der Waals surface area contributed by atoms with Crippen LogP contribution in [0.4, 0.5) is 4.39 Å². The minimum absolute atomic E-state index is 0.169. The number of benzene rings is 2. The topological polar surface area (TPSA) is 12.0 Å². The standard InChI is InChI=1S/C16H16Br2FN/c1-9-4-10(2)15(14(19)5-9)16(20-3)11-6-12(17)8-13(18)7-11/h4-8,16,20H,1-3H3. The van der Waals surface area contributed by atoms with Gasteiger partial charge in [0.15, 0.2) is 0 Å². The zero-order chi connectivity index (χ0) is 14.9. The van der Waals surface area contributed by atoms with Gasteiger partial charge in [0, 0.05) is 14.5 Å². The average molecular weight is 401 g/mol. The molecular formula is C16H16Br2FN. The molecule has 0 saturated carbocycles. The van der Waals surface area contributed by atoms with E-state index in [9.17, 15) is 4.39 Å². The number of rotatable bonds is 3.